The van der Waals surface area contributed by atoms with E-state index in [-0.39, 0.29) is 0 Å². The maximum atomic E-state index is 10.4. The summed E-state index contributed by atoms with van der Waals surface area (Å²) in [5.41, 5.74) is 0. The quantitative estimate of drug-likeness (QED) is 0.568. The molecular weight excluding hydrogens is 182 g/mol. The highest BCUT2D eigenvalue weighted by molar-refractivity contribution is 7.48. The highest BCUT2D eigenvalue weighted by Gasteiger charge is 2.58. The van der Waals surface area contributed by atoms with E-state index in [0.29, 0.717) is 0 Å². The zero-order valence-corrected chi connectivity index (χ0v) is 6.67. The van der Waals surface area contributed by atoms with Gasteiger partial charge in [-0.3, -0.25) is 0 Å². The van der Waals surface area contributed by atoms with Crippen LogP contribution in [-0.4, -0.2) is 11.1 Å². The molecule has 8 heteroatoms. The molecule has 0 aliphatic carbocycles. The van der Waals surface area contributed by atoms with Crippen LogP contribution in [-0.2, 0) is 22.5 Å². The Labute approximate surface area is 58.0 Å². The summed E-state index contributed by atoms with van der Waals surface area (Å²) in [5, 5.41) is 8.82. The van der Waals surface area contributed by atoms with Gasteiger partial charge in [-0.1, -0.05) is 0 Å². The molecule has 0 amide bonds. The number of hydrogen-bond donors (Lipinski definition) is 1. The minimum absolute atomic E-state index is 1.07. The zero-order valence-electron chi connectivity index (χ0n) is 4.88. The SMILES string of the molecule is CC1(O)O[P+](=O)O[P+](=O)O1. The zero-order chi connectivity index (χ0) is 7.78. The van der Waals surface area contributed by atoms with Crippen molar-refractivity contribution in [2.24, 2.45) is 0 Å². The lowest BCUT2D eigenvalue weighted by atomic mass is 10.7. The smallest absolute Gasteiger partial charge is 0.337 e. The lowest BCUT2D eigenvalue weighted by Gasteiger charge is -2.07. The Morgan fingerprint density at radius 3 is 2.00 bits per heavy atom. The lowest BCUT2D eigenvalue weighted by molar-refractivity contribution is -0.266. The molecule has 1 fully saturated rings. The molecule has 0 aromatic heterocycles. The topological polar surface area (TPSA) is 82.1 Å². The summed E-state index contributed by atoms with van der Waals surface area (Å²) in [6.45, 7) is 1.07. The summed E-state index contributed by atoms with van der Waals surface area (Å²) in [4.78, 5) is 0. The molecular formula is C2H4O6P2+2. The molecule has 10 heavy (non-hydrogen) atoms. The van der Waals surface area contributed by atoms with Crippen LogP contribution in [0, 0.1) is 0 Å². The monoisotopic (exact) mass is 186 g/mol. The fourth-order valence-corrected chi connectivity index (χ4v) is 1.77. The Balaban J connectivity index is 2.68. The normalized spacial score (nSPS) is 41.8. The fraction of sp³-hybridized carbons (Fsp3) is 1.00. The maximum absolute atomic E-state index is 10.4. The van der Waals surface area contributed by atoms with E-state index in [2.05, 4.69) is 13.4 Å². The summed E-state index contributed by atoms with van der Waals surface area (Å²) in [7, 11) is -5.06. The average Bonchev–Trinajstić information content (AvgIpc) is 1.54. The average molecular weight is 186 g/mol. The first-order valence-corrected chi connectivity index (χ1v) is 4.42. The Bertz CT molecular complexity index is 168. The van der Waals surface area contributed by atoms with E-state index in [1.165, 1.54) is 0 Å². The van der Waals surface area contributed by atoms with Crippen molar-refractivity contribution in [3.63, 3.8) is 0 Å². The van der Waals surface area contributed by atoms with E-state index in [0.717, 1.165) is 6.92 Å². The van der Waals surface area contributed by atoms with Gasteiger partial charge in [-0.05, 0) is 9.05 Å². The predicted octanol–water partition coefficient (Wildman–Crippen LogP) is 1.03. The molecule has 0 radical (unpaired) electrons. The van der Waals surface area contributed by atoms with E-state index in [1.807, 2.05) is 0 Å². The molecule has 2 unspecified atom stereocenters. The van der Waals surface area contributed by atoms with Gasteiger partial charge in [0.05, 0.1) is 0 Å². The van der Waals surface area contributed by atoms with Crippen LogP contribution in [0.5, 0.6) is 0 Å². The van der Waals surface area contributed by atoms with Gasteiger partial charge in [-0.15, -0.1) is 0 Å². The largest absolute Gasteiger partial charge is 0.753 e. The molecule has 6 nitrogen and oxygen atoms in total. The number of rotatable bonds is 0. The van der Waals surface area contributed by atoms with Crippen LogP contribution in [0.25, 0.3) is 0 Å². The van der Waals surface area contributed by atoms with Crippen LogP contribution in [0.3, 0.4) is 0 Å². The van der Waals surface area contributed by atoms with Crippen molar-refractivity contribution < 1.29 is 27.6 Å². The summed E-state index contributed by atoms with van der Waals surface area (Å²) in [5.74, 6) is -2.07. The molecule has 1 aliphatic heterocycles. The molecule has 0 bridgehead atoms. The van der Waals surface area contributed by atoms with Gasteiger partial charge in [0.15, 0.2) is 4.31 Å². The van der Waals surface area contributed by atoms with Crippen molar-refractivity contribution in [2.75, 3.05) is 0 Å². The van der Waals surface area contributed by atoms with Crippen molar-refractivity contribution in [2.45, 2.75) is 12.9 Å². The molecule has 1 aliphatic rings. The lowest BCUT2D eigenvalue weighted by Crippen LogP contribution is -2.28. The number of aliphatic hydroxyl groups is 1. The first-order chi connectivity index (χ1) is 4.49. The van der Waals surface area contributed by atoms with Crippen molar-refractivity contribution in [1.82, 2.24) is 0 Å². The van der Waals surface area contributed by atoms with Gasteiger partial charge in [0.25, 0.3) is 0 Å². The third-order valence-corrected chi connectivity index (χ3v) is 2.66. The molecule has 0 aromatic rings. The minimum Gasteiger partial charge on any atom is -0.337 e. The standard InChI is InChI=1S/C2H4O6P2/c1-2(3)6-9(4)8-10(5)7-2/h3H,1H3/q+2. The van der Waals surface area contributed by atoms with Gasteiger partial charge >= 0.3 is 22.5 Å². The summed E-state index contributed by atoms with van der Waals surface area (Å²) in [6.07, 6.45) is 0. The second kappa shape index (κ2) is 2.58. The Morgan fingerprint density at radius 1 is 1.30 bits per heavy atom. The number of hydrogen-bond acceptors (Lipinski definition) is 6. The Hall–Kier alpha value is 0.0400. The van der Waals surface area contributed by atoms with Gasteiger partial charge in [-0.2, -0.15) is 0 Å². The third kappa shape index (κ3) is 2.02. The van der Waals surface area contributed by atoms with Crippen molar-refractivity contribution in [3.8, 4) is 0 Å². The van der Waals surface area contributed by atoms with Crippen LogP contribution in [0.1, 0.15) is 6.92 Å². The summed E-state index contributed by atoms with van der Waals surface area (Å²) < 4.78 is 33.1. The molecule has 2 atom stereocenters. The van der Waals surface area contributed by atoms with E-state index in [4.69, 9.17) is 5.11 Å². The fourth-order valence-electron chi connectivity index (χ4n) is 0.381. The van der Waals surface area contributed by atoms with Gasteiger partial charge in [-0.25, -0.2) is 0 Å². The van der Waals surface area contributed by atoms with Gasteiger partial charge < -0.3 is 5.11 Å². The molecule has 0 saturated carbocycles. The second-order valence-corrected chi connectivity index (χ2v) is 3.52. The highest BCUT2D eigenvalue weighted by atomic mass is 31.2. The van der Waals surface area contributed by atoms with Crippen LogP contribution >= 0.6 is 16.5 Å². The molecule has 1 saturated heterocycles. The molecule has 1 rings (SSSR count). The van der Waals surface area contributed by atoms with Crippen LogP contribution < -0.4 is 0 Å². The third-order valence-electron chi connectivity index (χ3n) is 0.621. The Morgan fingerprint density at radius 2 is 1.70 bits per heavy atom. The highest BCUT2D eigenvalue weighted by Crippen LogP contribution is 2.50. The maximum Gasteiger partial charge on any atom is 0.753 e. The first kappa shape index (κ1) is 8.14. The summed E-state index contributed by atoms with van der Waals surface area (Å²) in [6, 6.07) is 0. The van der Waals surface area contributed by atoms with Crippen molar-refractivity contribution >= 4 is 16.5 Å². The predicted molar refractivity (Wildman–Crippen MR) is 29.1 cm³/mol. The molecule has 56 valence electrons. The van der Waals surface area contributed by atoms with E-state index in [9.17, 15) is 9.13 Å². The Kier molecular flexibility index (Phi) is 2.10. The molecule has 1 N–H and O–H groups in total. The van der Waals surface area contributed by atoms with Crippen LogP contribution in [0.2, 0.25) is 0 Å². The van der Waals surface area contributed by atoms with E-state index in [1.54, 1.807) is 0 Å². The molecule has 1 heterocycles. The van der Waals surface area contributed by atoms with Gasteiger partial charge in [0.1, 0.15) is 0 Å². The van der Waals surface area contributed by atoms with E-state index < -0.39 is 22.5 Å². The van der Waals surface area contributed by atoms with Crippen molar-refractivity contribution in [3.05, 3.63) is 0 Å². The van der Waals surface area contributed by atoms with Crippen molar-refractivity contribution in [1.29, 1.82) is 0 Å². The molecule has 0 spiro atoms. The molecule has 0 aromatic carbocycles. The second-order valence-electron chi connectivity index (χ2n) is 1.61. The van der Waals surface area contributed by atoms with Gasteiger partial charge in [0.2, 0.25) is 0 Å². The first-order valence-electron chi connectivity index (χ1n) is 2.23. The van der Waals surface area contributed by atoms with Crippen LogP contribution in [0.15, 0.2) is 0 Å². The van der Waals surface area contributed by atoms with Crippen LogP contribution in [0.4, 0.5) is 0 Å². The summed E-state index contributed by atoms with van der Waals surface area (Å²) >= 11 is 0. The van der Waals surface area contributed by atoms with Gasteiger partial charge in [0, 0.05) is 16.1 Å². The minimum atomic E-state index is -2.53. The van der Waals surface area contributed by atoms with E-state index >= 15 is 0 Å².